The molecule has 4 aromatic rings. The number of rotatable bonds is 8. The zero-order chi connectivity index (χ0) is 23.2. The number of halogens is 1. The largest absolute Gasteiger partial charge is 0.497 e. The van der Waals surface area contributed by atoms with E-state index in [0.29, 0.717) is 27.6 Å². The van der Waals surface area contributed by atoms with Crippen LogP contribution in [0.4, 0.5) is 5.69 Å². The van der Waals surface area contributed by atoms with Crippen LogP contribution in [-0.2, 0) is 6.73 Å². The first-order valence-corrected chi connectivity index (χ1v) is 10.4. The molecule has 0 aliphatic heterocycles. The van der Waals surface area contributed by atoms with Crippen molar-refractivity contribution in [2.75, 3.05) is 12.4 Å². The highest BCUT2D eigenvalue weighted by Crippen LogP contribution is 2.24. The molecular formula is C25H20ClN3O4. The molecule has 0 aliphatic carbocycles. The summed E-state index contributed by atoms with van der Waals surface area (Å²) in [7, 11) is 1.59. The summed E-state index contributed by atoms with van der Waals surface area (Å²) in [5.41, 5.74) is 1.32. The van der Waals surface area contributed by atoms with E-state index in [-0.39, 0.29) is 18.2 Å². The minimum Gasteiger partial charge on any atom is -0.497 e. The normalized spacial score (nSPS) is 10.5. The fraction of sp³-hybridized carbons (Fsp3) is 0.0800. The Hall–Kier alpha value is -4.10. The Morgan fingerprint density at radius 3 is 2.42 bits per heavy atom. The van der Waals surface area contributed by atoms with E-state index in [1.54, 1.807) is 80.0 Å². The van der Waals surface area contributed by atoms with Crippen LogP contribution in [0.3, 0.4) is 0 Å². The van der Waals surface area contributed by atoms with E-state index >= 15 is 0 Å². The molecule has 1 heterocycles. The first-order chi connectivity index (χ1) is 16.0. The Morgan fingerprint density at radius 1 is 0.970 bits per heavy atom. The lowest BCUT2D eigenvalue weighted by molar-refractivity contribution is 0.102. The molecule has 0 saturated carbocycles. The lowest BCUT2D eigenvalue weighted by Gasteiger charge is -2.10. The van der Waals surface area contributed by atoms with Gasteiger partial charge in [0, 0.05) is 22.3 Å². The van der Waals surface area contributed by atoms with Gasteiger partial charge in [0.1, 0.15) is 11.5 Å². The summed E-state index contributed by atoms with van der Waals surface area (Å²) >= 11 is 6.11. The summed E-state index contributed by atoms with van der Waals surface area (Å²) < 4.78 is 12.3. The molecule has 0 fully saturated rings. The monoisotopic (exact) mass is 461 g/mol. The third-order valence-corrected chi connectivity index (χ3v) is 5.04. The number of anilines is 1. The van der Waals surface area contributed by atoms with Gasteiger partial charge in [-0.2, -0.15) is 5.10 Å². The topological polar surface area (TPSA) is 82.5 Å². The van der Waals surface area contributed by atoms with Gasteiger partial charge in [0.15, 0.2) is 18.2 Å². The molecule has 1 aromatic heterocycles. The van der Waals surface area contributed by atoms with Gasteiger partial charge in [0.05, 0.1) is 12.8 Å². The number of hydrogen-bond acceptors (Lipinski definition) is 5. The van der Waals surface area contributed by atoms with Crippen molar-refractivity contribution in [3.05, 3.63) is 107 Å². The molecule has 0 aliphatic rings. The zero-order valence-corrected chi connectivity index (χ0v) is 18.5. The van der Waals surface area contributed by atoms with Gasteiger partial charge in [0.25, 0.3) is 5.91 Å². The average Bonchev–Trinajstić information content (AvgIpc) is 3.33. The highest BCUT2D eigenvalue weighted by Gasteiger charge is 2.18. The Morgan fingerprint density at radius 2 is 1.70 bits per heavy atom. The summed E-state index contributed by atoms with van der Waals surface area (Å²) in [4.78, 5) is 25.7. The predicted molar refractivity (Wildman–Crippen MR) is 125 cm³/mol. The molecule has 8 heteroatoms. The van der Waals surface area contributed by atoms with Crippen LogP contribution in [0.1, 0.15) is 26.4 Å². The summed E-state index contributed by atoms with van der Waals surface area (Å²) in [6.45, 7) is 0.123. The van der Waals surface area contributed by atoms with Crippen molar-refractivity contribution in [1.82, 2.24) is 9.78 Å². The number of carbonyl (C=O) groups excluding carboxylic acids is 2. The quantitative estimate of drug-likeness (QED) is 0.371. The van der Waals surface area contributed by atoms with Crippen LogP contribution in [-0.4, -0.2) is 28.6 Å². The number of nitrogens with zero attached hydrogens (tertiary/aromatic N) is 2. The Balaban J connectivity index is 1.45. The number of ketones is 1. The SMILES string of the molecule is COc1ccc(OCn2ccc(C(=O)Nc3ccc(Cl)cc3C(=O)c3ccccc3)n2)cc1. The number of benzene rings is 3. The number of amides is 1. The maximum atomic E-state index is 12.9. The van der Waals surface area contributed by atoms with Gasteiger partial charge >= 0.3 is 0 Å². The van der Waals surface area contributed by atoms with Crippen molar-refractivity contribution < 1.29 is 19.1 Å². The standard InChI is InChI=1S/C25H20ClN3O4/c1-32-19-8-10-20(11-9-19)33-16-29-14-13-23(28-29)25(31)27-22-12-7-18(26)15-21(22)24(30)17-5-3-2-4-6-17/h2-15H,16H2,1H3,(H,27,31). The molecule has 0 unspecified atom stereocenters. The van der Waals surface area contributed by atoms with Crippen molar-refractivity contribution in [2.45, 2.75) is 6.73 Å². The Kier molecular flexibility index (Phi) is 6.71. The maximum absolute atomic E-state index is 12.9. The van der Waals surface area contributed by atoms with Gasteiger partial charge < -0.3 is 14.8 Å². The molecule has 0 atom stereocenters. The minimum atomic E-state index is -0.456. The maximum Gasteiger partial charge on any atom is 0.276 e. The number of nitrogens with one attached hydrogen (secondary N) is 1. The van der Waals surface area contributed by atoms with Crippen LogP contribution in [0.15, 0.2) is 85.1 Å². The van der Waals surface area contributed by atoms with E-state index in [1.165, 1.54) is 10.7 Å². The van der Waals surface area contributed by atoms with E-state index < -0.39 is 5.91 Å². The molecule has 0 bridgehead atoms. The summed E-state index contributed by atoms with van der Waals surface area (Å²) in [5, 5.41) is 7.40. The highest BCUT2D eigenvalue weighted by atomic mass is 35.5. The van der Waals surface area contributed by atoms with Gasteiger partial charge in [-0.1, -0.05) is 41.9 Å². The fourth-order valence-corrected chi connectivity index (χ4v) is 3.28. The van der Waals surface area contributed by atoms with Crippen molar-refractivity contribution in [1.29, 1.82) is 0 Å². The first-order valence-electron chi connectivity index (χ1n) is 10.0. The molecule has 0 spiro atoms. The van der Waals surface area contributed by atoms with Crippen LogP contribution in [0.25, 0.3) is 0 Å². The highest BCUT2D eigenvalue weighted by molar-refractivity contribution is 6.31. The molecule has 0 saturated heterocycles. The van der Waals surface area contributed by atoms with E-state index in [9.17, 15) is 9.59 Å². The average molecular weight is 462 g/mol. The van der Waals surface area contributed by atoms with Crippen LogP contribution in [0.5, 0.6) is 11.5 Å². The second-order valence-corrected chi connectivity index (χ2v) is 7.47. The van der Waals surface area contributed by atoms with Crippen molar-refractivity contribution in [3.63, 3.8) is 0 Å². The van der Waals surface area contributed by atoms with Crippen molar-refractivity contribution in [3.8, 4) is 11.5 Å². The fourth-order valence-electron chi connectivity index (χ4n) is 3.11. The second kappa shape index (κ2) is 10.0. The van der Waals surface area contributed by atoms with Gasteiger partial charge in [-0.15, -0.1) is 0 Å². The second-order valence-electron chi connectivity index (χ2n) is 7.03. The predicted octanol–water partition coefficient (Wildman–Crippen LogP) is 5.06. The first kappa shape index (κ1) is 22.1. The van der Waals surface area contributed by atoms with E-state index in [2.05, 4.69) is 10.4 Å². The Labute approximate surface area is 195 Å². The molecular weight excluding hydrogens is 442 g/mol. The van der Waals surface area contributed by atoms with Crippen LogP contribution < -0.4 is 14.8 Å². The van der Waals surface area contributed by atoms with Crippen LogP contribution in [0, 0.1) is 0 Å². The molecule has 0 radical (unpaired) electrons. The van der Waals surface area contributed by atoms with Crippen molar-refractivity contribution in [2.24, 2.45) is 0 Å². The zero-order valence-electron chi connectivity index (χ0n) is 17.7. The molecule has 3 aromatic carbocycles. The number of methoxy groups -OCH3 is 1. The Bertz CT molecular complexity index is 1270. The summed E-state index contributed by atoms with van der Waals surface area (Å²) in [6.07, 6.45) is 1.64. The molecule has 33 heavy (non-hydrogen) atoms. The van der Waals surface area contributed by atoms with E-state index in [1.807, 2.05) is 6.07 Å². The number of carbonyl (C=O) groups is 2. The molecule has 1 amide bonds. The minimum absolute atomic E-state index is 0.123. The lowest BCUT2D eigenvalue weighted by atomic mass is 10.0. The summed E-state index contributed by atoms with van der Waals surface area (Å²) in [5.74, 6) is 0.671. The number of hydrogen-bond donors (Lipinski definition) is 1. The van der Waals surface area contributed by atoms with Gasteiger partial charge in [-0.05, 0) is 48.5 Å². The molecule has 7 nitrogen and oxygen atoms in total. The van der Waals surface area contributed by atoms with Crippen LogP contribution >= 0.6 is 11.6 Å². The van der Waals surface area contributed by atoms with Crippen molar-refractivity contribution >= 4 is 29.0 Å². The lowest BCUT2D eigenvalue weighted by Crippen LogP contribution is -2.16. The van der Waals surface area contributed by atoms with Gasteiger partial charge in [-0.3, -0.25) is 9.59 Å². The number of ether oxygens (including phenoxy) is 2. The number of aromatic nitrogens is 2. The van der Waals surface area contributed by atoms with Gasteiger partial charge in [0.2, 0.25) is 0 Å². The third kappa shape index (κ3) is 5.39. The summed E-state index contributed by atoms with van der Waals surface area (Å²) in [6, 6.07) is 22.2. The third-order valence-electron chi connectivity index (χ3n) is 4.81. The molecule has 166 valence electrons. The molecule has 1 N–H and O–H groups in total. The van der Waals surface area contributed by atoms with E-state index in [0.717, 1.165) is 5.75 Å². The smallest absolute Gasteiger partial charge is 0.276 e. The van der Waals surface area contributed by atoms with Gasteiger partial charge in [-0.25, -0.2) is 4.68 Å². The molecule has 4 rings (SSSR count). The van der Waals surface area contributed by atoms with Crippen LogP contribution in [0.2, 0.25) is 5.02 Å². The van der Waals surface area contributed by atoms with E-state index in [4.69, 9.17) is 21.1 Å².